The molecule has 22 heavy (non-hydrogen) atoms. The Morgan fingerprint density at radius 3 is 2.73 bits per heavy atom. The number of hydrogen-bond donors (Lipinski definition) is 0. The van der Waals surface area contributed by atoms with Crippen LogP contribution < -0.4 is 0 Å². The van der Waals surface area contributed by atoms with Crippen molar-refractivity contribution in [3.63, 3.8) is 0 Å². The Hall–Kier alpha value is -2.08. The maximum atomic E-state index is 12.1. The van der Waals surface area contributed by atoms with Gasteiger partial charge in [-0.2, -0.15) is 5.10 Å². The predicted octanol–water partition coefficient (Wildman–Crippen LogP) is 3.17. The second-order valence-corrected chi connectivity index (χ2v) is 6.59. The van der Waals surface area contributed by atoms with Crippen LogP contribution in [0.4, 0.5) is 4.79 Å². The van der Waals surface area contributed by atoms with Gasteiger partial charge in [0.2, 0.25) is 0 Å². The monoisotopic (exact) mass is 320 g/mol. The van der Waals surface area contributed by atoms with E-state index in [0.29, 0.717) is 24.1 Å². The van der Waals surface area contributed by atoms with Crippen molar-refractivity contribution in [2.45, 2.75) is 39.5 Å². The molecule has 0 bridgehead atoms. The topological polar surface area (TPSA) is 60.2 Å². The summed E-state index contributed by atoms with van der Waals surface area (Å²) in [5, 5.41) is 4.90. The summed E-state index contributed by atoms with van der Waals surface area (Å²) < 4.78 is 7.06. The molecule has 0 aliphatic carbocycles. The number of hydrogen-bond acceptors (Lipinski definition) is 4. The molecule has 3 heterocycles. The van der Waals surface area contributed by atoms with E-state index in [9.17, 15) is 4.79 Å². The van der Waals surface area contributed by atoms with Crippen LogP contribution in [0.25, 0.3) is 5.82 Å². The first-order valence-corrected chi connectivity index (χ1v) is 7.38. The molecule has 3 rings (SSSR count). The first-order chi connectivity index (χ1) is 10.3. The molecular weight excluding hydrogens is 304 g/mol. The number of ether oxygens (including phenoxy) is 1. The van der Waals surface area contributed by atoms with Crippen LogP contribution in [0.2, 0.25) is 5.15 Å². The predicted molar refractivity (Wildman–Crippen MR) is 81.9 cm³/mol. The minimum absolute atomic E-state index is 0.321. The van der Waals surface area contributed by atoms with Crippen molar-refractivity contribution in [2.75, 3.05) is 0 Å². The molecule has 0 unspecified atom stereocenters. The molecule has 7 heteroatoms. The lowest BCUT2D eigenvalue weighted by Crippen LogP contribution is -2.33. The second kappa shape index (κ2) is 5.28. The van der Waals surface area contributed by atoms with E-state index in [4.69, 9.17) is 16.3 Å². The third-order valence-corrected chi connectivity index (χ3v) is 3.38. The fourth-order valence-electron chi connectivity index (χ4n) is 2.25. The molecule has 1 aliphatic heterocycles. The van der Waals surface area contributed by atoms with Gasteiger partial charge >= 0.3 is 6.09 Å². The lowest BCUT2D eigenvalue weighted by Gasteiger charge is -2.24. The van der Waals surface area contributed by atoms with E-state index < -0.39 is 5.60 Å². The molecule has 0 fully saturated rings. The molecule has 1 amide bonds. The average molecular weight is 321 g/mol. The molecule has 0 saturated heterocycles. The Morgan fingerprint density at radius 2 is 2.09 bits per heavy atom. The Balaban J connectivity index is 1.74. The van der Waals surface area contributed by atoms with Crippen molar-refractivity contribution < 1.29 is 9.53 Å². The number of carbonyl (C=O) groups excluding carboxylic acids is 1. The summed E-state index contributed by atoms with van der Waals surface area (Å²) in [5.41, 5.74) is 1.35. The van der Waals surface area contributed by atoms with Crippen LogP contribution in [0.15, 0.2) is 24.4 Å². The highest BCUT2D eigenvalue weighted by molar-refractivity contribution is 6.29. The van der Waals surface area contributed by atoms with Gasteiger partial charge in [-0.05, 0) is 32.9 Å². The summed E-state index contributed by atoms with van der Waals surface area (Å²) in [6.45, 7) is 6.49. The van der Waals surface area contributed by atoms with Gasteiger partial charge in [0, 0.05) is 11.8 Å². The zero-order chi connectivity index (χ0) is 15.9. The third-order valence-electron chi connectivity index (χ3n) is 3.17. The van der Waals surface area contributed by atoms with Crippen molar-refractivity contribution in [2.24, 2.45) is 0 Å². The zero-order valence-electron chi connectivity index (χ0n) is 12.7. The van der Waals surface area contributed by atoms with Crippen LogP contribution in [0, 0.1) is 0 Å². The summed E-state index contributed by atoms with van der Waals surface area (Å²) in [6.07, 6.45) is 1.55. The second-order valence-electron chi connectivity index (χ2n) is 6.20. The van der Waals surface area contributed by atoms with Gasteiger partial charge in [-0.3, -0.25) is 4.90 Å². The zero-order valence-corrected chi connectivity index (χ0v) is 13.5. The normalized spacial score (nSPS) is 14.1. The molecule has 0 aromatic carbocycles. The Labute approximate surface area is 133 Å². The van der Waals surface area contributed by atoms with E-state index in [-0.39, 0.29) is 6.09 Å². The van der Waals surface area contributed by atoms with E-state index in [2.05, 4.69) is 10.1 Å². The maximum absolute atomic E-state index is 12.1. The molecule has 0 atom stereocenters. The van der Waals surface area contributed by atoms with E-state index in [1.165, 1.54) is 0 Å². The average Bonchev–Trinajstić information content (AvgIpc) is 2.94. The number of nitrogens with zero attached hydrogens (tertiary/aromatic N) is 4. The lowest BCUT2D eigenvalue weighted by atomic mass is 10.2. The Bertz CT molecular complexity index is 697. The SMILES string of the molecule is CC(C)(C)OC(=O)N1Cc2cn(-c3cccc(Cl)n3)nc2C1. The number of carbonyl (C=O) groups is 1. The molecular formula is C15H17ClN4O2. The van der Waals surface area contributed by atoms with Crippen LogP contribution in [0.1, 0.15) is 32.0 Å². The molecule has 116 valence electrons. The minimum atomic E-state index is -0.498. The minimum Gasteiger partial charge on any atom is -0.444 e. The highest BCUT2D eigenvalue weighted by Crippen LogP contribution is 2.24. The van der Waals surface area contributed by atoms with Crippen molar-refractivity contribution in [3.05, 3.63) is 40.8 Å². The largest absolute Gasteiger partial charge is 0.444 e. The van der Waals surface area contributed by atoms with Gasteiger partial charge in [0.1, 0.15) is 10.8 Å². The summed E-state index contributed by atoms with van der Waals surface area (Å²) in [6, 6.07) is 5.37. The number of amides is 1. The van der Waals surface area contributed by atoms with E-state index in [1.54, 1.807) is 15.6 Å². The maximum Gasteiger partial charge on any atom is 0.410 e. The van der Waals surface area contributed by atoms with Crippen LogP contribution >= 0.6 is 11.6 Å². The van der Waals surface area contributed by atoms with E-state index >= 15 is 0 Å². The first-order valence-electron chi connectivity index (χ1n) is 7.00. The highest BCUT2D eigenvalue weighted by Gasteiger charge is 2.30. The molecule has 0 N–H and O–H groups in total. The van der Waals surface area contributed by atoms with Crippen LogP contribution in [-0.4, -0.2) is 31.4 Å². The molecule has 2 aromatic rings. The molecule has 1 aliphatic rings. The molecule has 0 radical (unpaired) electrons. The van der Waals surface area contributed by atoms with E-state index in [1.807, 2.05) is 39.1 Å². The Kier molecular flexibility index (Phi) is 3.56. The van der Waals surface area contributed by atoms with Crippen molar-refractivity contribution in [1.82, 2.24) is 19.7 Å². The molecule has 6 nitrogen and oxygen atoms in total. The van der Waals surface area contributed by atoms with Crippen LogP contribution in [0.3, 0.4) is 0 Å². The van der Waals surface area contributed by atoms with Gasteiger partial charge in [-0.25, -0.2) is 14.5 Å². The number of rotatable bonds is 1. The van der Waals surface area contributed by atoms with Gasteiger partial charge in [0.05, 0.1) is 18.8 Å². The van der Waals surface area contributed by atoms with Gasteiger partial charge in [-0.15, -0.1) is 0 Å². The molecule has 0 spiro atoms. The van der Waals surface area contributed by atoms with Gasteiger partial charge < -0.3 is 4.74 Å². The standard InChI is InChI=1S/C15H17ClN4O2/c1-15(2,3)22-14(21)19-7-10-8-20(18-11(10)9-19)13-6-4-5-12(16)17-13/h4-6,8H,7,9H2,1-3H3. The number of aromatic nitrogens is 3. The number of halogens is 1. The first kappa shape index (κ1) is 14.8. The van der Waals surface area contributed by atoms with Crippen LogP contribution in [0.5, 0.6) is 0 Å². The molecule has 0 saturated carbocycles. The van der Waals surface area contributed by atoms with Gasteiger partial charge in [0.15, 0.2) is 5.82 Å². The number of pyridine rings is 1. The summed E-state index contributed by atoms with van der Waals surface area (Å²) in [5.74, 6) is 0.658. The summed E-state index contributed by atoms with van der Waals surface area (Å²) >= 11 is 5.89. The Morgan fingerprint density at radius 1 is 1.32 bits per heavy atom. The van der Waals surface area contributed by atoms with Crippen molar-refractivity contribution in [3.8, 4) is 5.82 Å². The van der Waals surface area contributed by atoms with Crippen molar-refractivity contribution >= 4 is 17.7 Å². The quantitative estimate of drug-likeness (QED) is 0.757. The van der Waals surface area contributed by atoms with Crippen molar-refractivity contribution in [1.29, 1.82) is 0 Å². The van der Waals surface area contributed by atoms with E-state index in [0.717, 1.165) is 11.3 Å². The lowest BCUT2D eigenvalue weighted by molar-refractivity contribution is 0.0239. The summed E-state index contributed by atoms with van der Waals surface area (Å²) in [7, 11) is 0. The summed E-state index contributed by atoms with van der Waals surface area (Å²) in [4.78, 5) is 17.9. The fraction of sp³-hybridized carbons (Fsp3) is 0.400. The molecule has 2 aromatic heterocycles. The van der Waals surface area contributed by atoms with Crippen LogP contribution in [-0.2, 0) is 17.8 Å². The third kappa shape index (κ3) is 3.06. The smallest absolute Gasteiger partial charge is 0.410 e. The van der Waals surface area contributed by atoms with Gasteiger partial charge in [0.25, 0.3) is 0 Å². The fourth-order valence-corrected chi connectivity index (χ4v) is 2.41. The number of fused-ring (bicyclic) bond motifs is 1. The highest BCUT2D eigenvalue weighted by atomic mass is 35.5. The van der Waals surface area contributed by atoms with Gasteiger partial charge in [-0.1, -0.05) is 17.7 Å².